The SMILES string of the molecule is CC(C)CC(NC(=O)OC(C)(C)C)C(=O)OCc1ccccc1. The average molecular weight is 321 g/mol. The number of carbonyl (C=O) groups excluding carboxylic acids is 2. The van der Waals surface area contributed by atoms with Crippen molar-refractivity contribution in [2.24, 2.45) is 5.92 Å². The van der Waals surface area contributed by atoms with Crippen molar-refractivity contribution in [2.75, 3.05) is 0 Å². The normalized spacial score (nSPS) is 12.6. The molecule has 0 saturated heterocycles. The third kappa shape index (κ3) is 8.24. The van der Waals surface area contributed by atoms with Gasteiger partial charge in [0.2, 0.25) is 0 Å². The molecule has 1 atom stereocenters. The zero-order valence-electron chi connectivity index (χ0n) is 14.6. The Kier molecular flexibility index (Phi) is 7.07. The molecule has 0 spiro atoms. The average Bonchev–Trinajstić information content (AvgIpc) is 2.42. The van der Waals surface area contributed by atoms with E-state index in [-0.39, 0.29) is 12.5 Å². The van der Waals surface area contributed by atoms with Crippen molar-refractivity contribution in [3.8, 4) is 0 Å². The van der Waals surface area contributed by atoms with Crippen molar-refractivity contribution >= 4 is 12.1 Å². The summed E-state index contributed by atoms with van der Waals surface area (Å²) < 4.78 is 10.5. The smallest absolute Gasteiger partial charge is 0.408 e. The van der Waals surface area contributed by atoms with Crippen LogP contribution in [-0.2, 0) is 20.9 Å². The molecule has 0 saturated carbocycles. The minimum Gasteiger partial charge on any atom is -0.459 e. The molecule has 0 aromatic heterocycles. The van der Waals surface area contributed by atoms with E-state index in [1.54, 1.807) is 20.8 Å². The van der Waals surface area contributed by atoms with E-state index in [9.17, 15) is 9.59 Å². The van der Waals surface area contributed by atoms with Gasteiger partial charge in [-0.15, -0.1) is 0 Å². The van der Waals surface area contributed by atoms with Crippen molar-refractivity contribution in [3.63, 3.8) is 0 Å². The Morgan fingerprint density at radius 3 is 2.26 bits per heavy atom. The van der Waals surface area contributed by atoms with Gasteiger partial charge in [-0.1, -0.05) is 44.2 Å². The highest BCUT2D eigenvalue weighted by molar-refractivity contribution is 5.81. The second kappa shape index (κ2) is 8.56. The van der Waals surface area contributed by atoms with Crippen LogP contribution < -0.4 is 5.32 Å². The van der Waals surface area contributed by atoms with E-state index in [1.165, 1.54) is 0 Å². The molecule has 0 bridgehead atoms. The van der Waals surface area contributed by atoms with Crippen molar-refractivity contribution in [1.82, 2.24) is 5.32 Å². The van der Waals surface area contributed by atoms with Gasteiger partial charge in [0.15, 0.2) is 0 Å². The Bertz CT molecular complexity index is 506. The van der Waals surface area contributed by atoms with E-state index >= 15 is 0 Å². The minimum atomic E-state index is -0.714. The molecule has 1 aromatic carbocycles. The zero-order valence-corrected chi connectivity index (χ0v) is 14.6. The van der Waals surface area contributed by atoms with E-state index in [1.807, 2.05) is 44.2 Å². The molecular weight excluding hydrogens is 294 g/mol. The van der Waals surface area contributed by atoms with Crippen molar-refractivity contribution < 1.29 is 19.1 Å². The lowest BCUT2D eigenvalue weighted by Gasteiger charge is -2.23. The maximum Gasteiger partial charge on any atom is 0.408 e. The summed E-state index contributed by atoms with van der Waals surface area (Å²) in [6, 6.07) is 8.71. The predicted molar refractivity (Wildman–Crippen MR) is 88.9 cm³/mol. The van der Waals surface area contributed by atoms with E-state index < -0.39 is 23.7 Å². The van der Waals surface area contributed by atoms with Crippen LogP contribution in [-0.4, -0.2) is 23.7 Å². The molecule has 0 aliphatic heterocycles. The van der Waals surface area contributed by atoms with Gasteiger partial charge in [0.1, 0.15) is 18.2 Å². The van der Waals surface area contributed by atoms with Crippen LogP contribution in [0, 0.1) is 5.92 Å². The number of carbonyl (C=O) groups is 2. The number of amides is 1. The van der Waals surface area contributed by atoms with Gasteiger partial charge in [-0.3, -0.25) is 0 Å². The van der Waals surface area contributed by atoms with Crippen LogP contribution >= 0.6 is 0 Å². The topological polar surface area (TPSA) is 64.6 Å². The quantitative estimate of drug-likeness (QED) is 0.812. The molecule has 0 aliphatic rings. The number of esters is 1. The van der Waals surface area contributed by atoms with Crippen LogP contribution in [0.5, 0.6) is 0 Å². The van der Waals surface area contributed by atoms with E-state index in [0.29, 0.717) is 6.42 Å². The summed E-state index contributed by atoms with van der Waals surface area (Å²) >= 11 is 0. The highest BCUT2D eigenvalue weighted by Gasteiger charge is 2.26. The van der Waals surface area contributed by atoms with Gasteiger partial charge in [0, 0.05) is 0 Å². The Balaban J connectivity index is 2.61. The first-order chi connectivity index (χ1) is 10.7. The van der Waals surface area contributed by atoms with Crippen LogP contribution in [0.2, 0.25) is 0 Å². The first-order valence-corrected chi connectivity index (χ1v) is 7.87. The summed E-state index contributed by atoms with van der Waals surface area (Å²) in [6.07, 6.45) is -0.118. The molecule has 0 heterocycles. The van der Waals surface area contributed by atoms with Crippen LogP contribution in [0.15, 0.2) is 30.3 Å². The third-order valence-electron chi connectivity index (χ3n) is 2.91. The van der Waals surface area contributed by atoms with Crippen molar-refractivity contribution in [2.45, 2.75) is 59.3 Å². The fraction of sp³-hybridized carbons (Fsp3) is 0.556. The van der Waals surface area contributed by atoms with Gasteiger partial charge in [-0.05, 0) is 38.7 Å². The molecular formula is C18H27NO4. The van der Waals surface area contributed by atoms with Gasteiger partial charge >= 0.3 is 12.1 Å². The number of nitrogens with one attached hydrogen (secondary N) is 1. The number of ether oxygens (including phenoxy) is 2. The Morgan fingerprint density at radius 2 is 1.74 bits per heavy atom. The summed E-state index contributed by atoms with van der Waals surface area (Å²) in [5.41, 5.74) is 0.293. The monoisotopic (exact) mass is 321 g/mol. The summed E-state index contributed by atoms with van der Waals surface area (Å²) in [5.74, 6) is -0.215. The van der Waals surface area contributed by atoms with Crippen LogP contribution in [0.1, 0.15) is 46.6 Å². The molecule has 5 heteroatoms. The highest BCUT2D eigenvalue weighted by Crippen LogP contribution is 2.11. The Morgan fingerprint density at radius 1 is 1.13 bits per heavy atom. The Hall–Kier alpha value is -2.04. The number of rotatable bonds is 6. The summed E-state index contributed by atoms with van der Waals surface area (Å²) in [7, 11) is 0. The van der Waals surface area contributed by atoms with Gasteiger partial charge in [-0.25, -0.2) is 9.59 Å². The highest BCUT2D eigenvalue weighted by atomic mass is 16.6. The molecule has 1 rings (SSSR count). The van der Waals surface area contributed by atoms with E-state index in [2.05, 4.69) is 5.32 Å². The second-order valence-electron chi connectivity index (χ2n) is 6.92. The van der Waals surface area contributed by atoms with Crippen LogP contribution in [0.25, 0.3) is 0 Å². The van der Waals surface area contributed by atoms with Gasteiger partial charge < -0.3 is 14.8 Å². The van der Waals surface area contributed by atoms with Gasteiger partial charge in [0.25, 0.3) is 0 Å². The van der Waals surface area contributed by atoms with Crippen LogP contribution in [0.3, 0.4) is 0 Å². The third-order valence-corrected chi connectivity index (χ3v) is 2.91. The molecule has 0 radical (unpaired) electrons. The fourth-order valence-corrected chi connectivity index (χ4v) is 1.96. The predicted octanol–water partition coefficient (Wildman–Crippen LogP) is 3.67. The summed E-state index contributed by atoms with van der Waals surface area (Å²) in [5, 5.41) is 2.61. The molecule has 0 fully saturated rings. The Labute approximate surface area is 138 Å². The molecule has 1 aromatic rings. The molecule has 5 nitrogen and oxygen atoms in total. The molecule has 23 heavy (non-hydrogen) atoms. The number of benzene rings is 1. The largest absolute Gasteiger partial charge is 0.459 e. The summed E-state index contributed by atoms with van der Waals surface area (Å²) in [4.78, 5) is 24.1. The molecule has 128 valence electrons. The lowest BCUT2D eigenvalue weighted by atomic mass is 10.0. The van der Waals surface area contributed by atoms with Crippen molar-refractivity contribution in [3.05, 3.63) is 35.9 Å². The lowest BCUT2D eigenvalue weighted by Crippen LogP contribution is -2.44. The van der Waals surface area contributed by atoms with E-state index in [0.717, 1.165) is 5.56 Å². The minimum absolute atomic E-state index is 0.185. The molecule has 1 unspecified atom stereocenters. The maximum absolute atomic E-state index is 12.3. The summed E-state index contributed by atoms with van der Waals surface area (Å²) in [6.45, 7) is 9.47. The maximum atomic E-state index is 12.3. The van der Waals surface area contributed by atoms with Crippen LogP contribution in [0.4, 0.5) is 4.79 Å². The number of alkyl carbamates (subject to hydrolysis) is 1. The van der Waals surface area contributed by atoms with E-state index in [4.69, 9.17) is 9.47 Å². The zero-order chi connectivity index (χ0) is 17.5. The molecule has 0 aliphatic carbocycles. The fourth-order valence-electron chi connectivity index (χ4n) is 1.96. The standard InChI is InChI=1S/C18H27NO4/c1-13(2)11-15(19-17(21)23-18(3,4)5)16(20)22-12-14-9-7-6-8-10-14/h6-10,13,15H,11-12H2,1-5H3,(H,19,21). The molecule has 1 N–H and O–H groups in total. The van der Waals surface area contributed by atoms with Gasteiger partial charge in [-0.2, -0.15) is 0 Å². The molecule has 1 amide bonds. The lowest BCUT2D eigenvalue weighted by molar-refractivity contribution is -0.148. The number of hydrogen-bond acceptors (Lipinski definition) is 4. The first kappa shape index (κ1) is 19.0. The first-order valence-electron chi connectivity index (χ1n) is 7.87. The second-order valence-corrected chi connectivity index (χ2v) is 6.92. The van der Waals surface area contributed by atoms with Crippen molar-refractivity contribution in [1.29, 1.82) is 0 Å². The van der Waals surface area contributed by atoms with Gasteiger partial charge in [0.05, 0.1) is 0 Å². The number of hydrogen-bond donors (Lipinski definition) is 1.